The van der Waals surface area contributed by atoms with Gasteiger partial charge in [-0.15, -0.1) is 6.42 Å². The Labute approximate surface area is 153 Å². The smallest absolute Gasteiger partial charge is 0.339 e. The highest BCUT2D eigenvalue weighted by Gasteiger charge is 2.33. The Morgan fingerprint density at radius 2 is 1.92 bits per heavy atom. The Bertz CT molecular complexity index is 932. The molecule has 0 fully saturated rings. The number of ether oxygens (including phenoxy) is 2. The topological polar surface area (TPSA) is 52.6 Å². The van der Waals surface area contributed by atoms with Gasteiger partial charge in [-0.05, 0) is 42.3 Å². The largest absolute Gasteiger partial charge is 0.462 e. The molecule has 0 aliphatic carbocycles. The van der Waals surface area contributed by atoms with Crippen LogP contribution >= 0.6 is 0 Å². The third kappa shape index (κ3) is 3.21. The van der Waals surface area contributed by atoms with E-state index in [1.807, 2.05) is 32.0 Å². The Balaban J connectivity index is 2.04. The second kappa shape index (κ2) is 6.68. The van der Waals surface area contributed by atoms with Crippen molar-refractivity contribution >= 4 is 11.9 Å². The molecular formula is C22H20O4. The van der Waals surface area contributed by atoms with E-state index in [1.54, 1.807) is 25.1 Å². The van der Waals surface area contributed by atoms with E-state index in [9.17, 15) is 9.59 Å². The molecule has 0 atom stereocenters. The van der Waals surface area contributed by atoms with Gasteiger partial charge in [0.15, 0.2) is 0 Å². The van der Waals surface area contributed by atoms with Crippen molar-refractivity contribution in [1.82, 2.24) is 0 Å². The molecule has 0 aromatic heterocycles. The van der Waals surface area contributed by atoms with Crippen LogP contribution in [-0.2, 0) is 14.9 Å². The van der Waals surface area contributed by atoms with E-state index in [0.717, 1.165) is 16.7 Å². The highest BCUT2D eigenvalue weighted by Crippen LogP contribution is 2.41. The van der Waals surface area contributed by atoms with Crippen LogP contribution in [0.1, 0.15) is 48.7 Å². The Hall–Kier alpha value is -3.06. The van der Waals surface area contributed by atoms with Crippen molar-refractivity contribution < 1.29 is 19.1 Å². The molecular weight excluding hydrogens is 328 g/mol. The minimum atomic E-state index is -0.425. The van der Waals surface area contributed by atoms with Crippen molar-refractivity contribution in [3.63, 3.8) is 0 Å². The summed E-state index contributed by atoms with van der Waals surface area (Å²) in [6.07, 6.45) is 5.92. The van der Waals surface area contributed by atoms with Crippen LogP contribution in [0.25, 0.3) is 11.1 Å². The number of terminal acetylenes is 1. The fraction of sp³-hybridized carbons (Fsp3) is 0.273. The lowest BCUT2D eigenvalue weighted by Gasteiger charge is -2.31. The molecule has 1 aliphatic heterocycles. The van der Waals surface area contributed by atoms with Gasteiger partial charge in [0.25, 0.3) is 0 Å². The molecule has 0 unspecified atom stereocenters. The summed E-state index contributed by atoms with van der Waals surface area (Å²) in [4.78, 5) is 23.8. The third-order valence-electron chi connectivity index (χ3n) is 4.52. The van der Waals surface area contributed by atoms with Crippen molar-refractivity contribution in [1.29, 1.82) is 0 Å². The number of rotatable bonds is 3. The summed E-state index contributed by atoms with van der Waals surface area (Å²) in [6.45, 7) is 6.09. The van der Waals surface area contributed by atoms with Gasteiger partial charge in [0, 0.05) is 16.5 Å². The van der Waals surface area contributed by atoms with Crippen molar-refractivity contribution in [3.8, 4) is 29.2 Å². The average molecular weight is 348 g/mol. The van der Waals surface area contributed by atoms with E-state index in [0.29, 0.717) is 29.9 Å². The zero-order valence-corrected chi connectivity index (χ0v) is 15.1. The van der Waals surface area contributed by atoms with Crippen LogP contribution in [0.15, 0.2) is 36.4 Å². The second-order valence-corrected chi connectivity index (χ2v) is 6.87. The molecule has 0 N–H and O–H groups in total. The number of fused-ring (bicyclic) bond motifs is 1. The molecule has 132 valence electrons. The summed E-state index contributed by atoms with van der Waals surface area (Å²) in [6, 6.07) is 11.0. The maximum Gasteiger partial charge on any atom is 0.339 e. The molecule has 0 amide bonds. The normalized spacial score (nSPS) is 14.8. The molecule has 2 aromatic rings. The van der Waals surface area contributed by atoms with Crippen LogP contribution < -0.4 is 4.74 Å². The maximum atomic E-state index is 12.0. The van der Waals surface area contributed by atoms with E-state index in [4.69, 9.17) is 15.9 Å². The zero-order valence-electron chi connectivity index (χ0n) is 15.1. The summed E-state index contributed by atoms with van der Waals surface area (Å²) in [5.41, 5.74) is 3.38. The molecule has 0 radical (unpaired) electrons. The van der Waals surface area contributed by atoms with E-state index in [-0.39, 0.29) is 11.4 Å². The highest BCUT2D eigenvalue weighted by molar-refractivity contribution is 5.93. The van der Waals surface area contributed by atoms with Gasteiger partial charge < -0.3 is 9.47 Å². The van der Waals surface area contributed by atoms with Crippen LogP contribution in [-0.4, -0.2) is 18.5 Å². The molecule has 0 bridgehead atoms. The van der Waals surface area contributed by atoms with Crippen LogP contribution in [0.3, 0.4) is 0 Å². The number of benzene rings is 2. The monoisotopic (exact) mass is 348 g/mol. The van der Waals surface area contributed by atoms with E-state index in [2.05, 4.69) is 5.92 Å². The van der Waals surface area contributed by atoms with Crippen molar-refractivity contribution in [2.24, 2.45) is 0 Å². The molecule has 0 spiro atoms. The minimum absolute atomic E-state index is 0.219. The lowest BCUT2D eigenvalue weighted by atomic mass is 9.78. The molecule has 4 heteroatoms. The fourth-order valence-electron chi connectivity index (χ4n) is 3.17. The molecule has 3 rings (SSSR count). The molecule has 1 heterocycles. The Morgan fingerprint density at radius 3 is 2.62 bits per heavy atom. The van der Waals surface area contributed by atoms with Gasteiger partial charge >= 0.3 is 11.9 Å². The van der Waals surface area contributed by atoms with Gasteiger partial charge in [0.05, 0.1) is 18.6 Å². The van der Waals surface area contributed by atoms with Gasteiger partial charge in [-0.25, -0.2) is 4.79 Å². The van der Waals surface area contributed by atoms with Crippen molar-refractivity contribution in [3.05, 3.63) is 53.1 Å². The lowest BCUT2D eigenvalue weighted by Crippen LogP contribution is -2.30. The summed E-state index contributed by atoms with van der Waals surface area (Å²) in [5.74, 6) is 2.51. The van der Waals surface area contributed by atoms with Crippen LogP contribution in [0.5, 0.6) is 5.75 Å². The van der Waals surface area contributed by atoms with Gasteiger partial charge in [-0.2, -0.15) is 0 Å². The predicted molar refractivity (Wildman–Crippen MR) is 99.0 cm³/mol. The van der Waals surface area contributed by atoms with Gasteiger partial charge in [0.1, 0.15) is 5.75 Å². The van der Waals surface area contributed by atoms with Crippen molar-refractivity contribution in [2.45, 2.75) is 32.6 Å². The minimum Gasteiger partial charge on any atom is -0.462 e. The Morgan fingerprint density at radius 1 is 1.23 bits per heavy atom. The Kier molecular flexibility index (Phi) is 4.56. The summed E-state index contributed by atoms with van der Waals surface area (Å²) < 4.78 is 10.4. The van der Waals surface area contributed by atoms with E-state index >= 15 is 0 Å². The van der Waals surface area contributed by atoms with Gasteiger partial charge in [-0.3, -0.25) is 4.79 Å². The van der Waals surface area contributed by atoms with Gasteiger partial charge in [0.2, 0.25) is 0 Å². The number of carbonyl (C=O) groups is 2. The molecule has 4 nitrogen and oxygen atoms in total. The fourth-order valence-corrected chi connectivity index (χ4v) is 3.17. The van der Waals surface area contributed by atoms with Crippen molar-refractivity contribution in [2.75, 3.05) is 6.61 Å². The number of hydrogen-bond acceptors (Lipinski definition) is 4. The van der Waals surface area contributed by atoms with Gasteiger partial charge in [-0.1, -0.05) is 31.9 Å². The third-order valence-corrected chi connectivity index (χ3v) is 4.52. The van der Waals surface area contributed by atoms with Crippen LogP contribution in [0, 0.1) is 12.3 Å². The first-order valence-corrected chi connectivity index (χ1v) is 8.49. The first-order valence-electron chi connectivity index (χ1n) is 8.49. The molecule has 1 aliphatic rings. The summed E-state index contributed by atoms with van der Waals surface area (Å²) in [5, 5.41) is 0. The SMILES string of the molecule is C#Cc1cc(-c2ccc3c(c2)C(C)(C)CC(=O)O3)ccc1C(=O)OCC. The first kappa shape index (κ1) is 17.8. The number of esters is 2. The quantitative estimate of drug-likeness (QED) is 0.476. The highest BCUT2D eigenvalue weighted by atomic mass is 16.5. The molecule has 2 aromatic carbocycles. The molecule has 0 saturated carbocycles. The first-order chi connectivity index (χ1) is 12.4. The summed E-state index contributed by atoms with van der Waals surface area (Å²) >= 11 is 0. The van der Waals surface area contributed by atoms with E-state index in [1.165, 1.54) is 0 Å². The standard InChI is InChI=1S/C22H20O4/c1-5-14-11-15(7-9-17(14)21(24)25-6-2)16-8-10-19-18(12-16)22(3,4)13-20(23)26-19/h1,7-12H,6,13H2,2-4H3. The zero-order chi connectivity index (χ0) is 18.9. The molecule has 26 heavy (non-hydrogen) atoms. The summed E-state index contributed by atoms with van der Waals surface area (Å²) in [7, 11) is 0. The van der Waals surface area contributed by atoms with Crippen LogP contribution in [0.2, 0.25) is 0 Å². The van der Waals surface area contributed by atoms with E-state index < -0.39 is 5.97 Å². The van der Waals surface area contributed by atoms with Crippen LogP contribution in [0.4, 0.5) is 0 Å². The number of carbonyl (C=O) groups excluding carboxylic acids is 2. The molecule has 0 saturated heterocycles. The number of hydrogen-bond donors (Lipinski definition) is 0. The second-order valence-electron chi connectivity index (χ2n) is 6.87. The maximum absolute atomic E-state index is 12.0. The lowest BCUT2D eigenvalue weighted by molar-refractivity contribution is -0.136. The predicted octanol–water partition coefficient (Wildman–Crippen LogP) is 4.10. The average Bonchev–Trinajstić information content (AvgIpc) is 2.60.